The van der Waals surface area contributed by atoms with Gasteiger partial charge in [0.15, 0.2) is 5.60 Å². The predicted octanol–water partition coefficient (Wildman–Crippen LogP) is 5.28. The maximum absolute atomic E-state index is 16.0. The average molecular weight is 576 g/mol. The zero-order valence-electron chi connectivity index (χ0n) is 20.8. The topological polar surface area (TPSA) is 70.1 Å². The maximum atomic E-state index is 16.0. The zero-order valence-corrected chi connectivity index (χ0v) is 23.4. The molecular weight excluding hydrogens is 543 g/mol. The van der Waals surface area contributed by atoms with Crippen molar-refractivity contribution >= 4 is 47.5 Å². The molecule has 2 fully saturated rings. The third-order valence-corrected chi connectivity index (χ3v) is 11.1. The van der Waals surface area contributed by atoms with Crippen molar-refractivity contribution in [1.82, 2.24) is 4.90 Å². The van der Waals surface area contributed by atoms with Crippen molar-refractivity contribution in [2.75, 3.05) is 18.1 Å². The lowest BCUT2D eigenvalue weighted by Crippen LogP contribution is -2.44. The highest BCUT2D eigenvalue weighted by atomic mass is 79.9. The van der Waals surface area contributed by atoms with Crippen molar-refractivity contribution in [1.29, 1.82) is 0 Å². The molecule has 9 heteroatoms. The summed E-state index contributed by atoms with van der Waals surface area (Å²) in [6.07, 6.45) is 0.856. The number of rotatable bonds is 5. The van der Waals surface area contributed by atoms with Crippen LogP contribution in [-0.4, -0.2) is 55.5 Å². The first-order valence-electron chi connectivity index (χ1n) is 12.6. The van der Waals surface area contributed by atoms with Crippen LogP contribution in [0, 0.1) is 5.92 Å². The summed E-state index contributed by atoms with van der Waals surface area (Å²) in [5, 5.41) is 9.71. The van der Waals surface area contributed by atoms with Crippen molar-refractivity contribution in [2.24, 2.45) is 5.92 Å². The number of likely N-dealkylation sites (tertiary alicyclic amines) is 1. The number of fused-ring (bicyclic) bond motifs is 2. The summed E-state index contributed by atoms with van der Waals surface area (Å²) in [5.74, 6) is -0.866. The molecular formula is C27H32BrFN2O4Si. The van der Waals surface area contributed by atoms with E-state index in [0.717, 1.165) is 23.0 Å². The predicted molar refractivity (Wildman–Crippen MR) is 142 cm³/mol. The molecule has 2 saturated heterocycles. The summed E-state index contributed by atoms with van der Waals surface area (Å²) in [5.41, 5.74) is 0.191. The fraction of sp³-hybridized carbons (Fsp3) is 0.481. The first-order chi connectivity index (χ1) is 17.1. The second kappa shape index (κ2) is 9.35. The molecule has 3 aliphatic heterocycles. The zero-order chi connectivity index (χ0) is 25.8. The molecule has 6 nitrogen and oxygen atoms in total. The minimum atomic E-state index is -3.37. The molecule has 192 valence electrons. The Bertz CT molecular complexity index is 1180. The summed E-state index contributed by atoms with van der Waals surface area (Å²) in [6, 6.07) is 14.8. The van der Waals surface area contributed by atoms with Gasteiger partial charge in [0.05, 0.1) is 30.9 Å². The van der Waals surface area contributed by atoms with Crippen LogP contribution in [0.4, 0.5) is 15.5 Å². The van der Waals surface area contributed by atoms with E-state index in [0.29, 0.717) is 17.8 Å². The standard InChI is InChI=1S/C27H32BrFN2O4Si/c1-17-25(36(2,3)29)23(15-24(33)30-13-7-10-20(30)16-32)35-27(17)21-14-18(28)11-12-22(21)31(26(27)34)19-8-5-4-6-9-19/h4-6,8-9,11-12,14,17,20,23,25,32H,7,10,13,15-16H2,1-3H3/t17-,20-,23+,25-,27+/m0/s1. The minimum Gasteiger partial charge on any atom is -0.394 e. The largest absolute Gasteiger partial charge is 0.394 e. The van der Waals surface area contributed by atoms with Gasteiger partial charge in [-0.3, -0.25) is 14.5 Å². The van der Waals surface area contributed by atoms with E-state index in [1.165, 1.54) is 0 Å². The summed E-state index contributed by atoms with van der Waals surface area (Å²) < 4.78 is 23.4. The van der Waals surface area contributed by atoms with Crippen LogP contribution in [0.15, 0.2) is 53.0 Å². The lowest BCUT2D eigenvalue weighted by molar-refractivity contribution is -0.149. The van der Waals surface area contributed by atoms with Crippen LogP contribution >= 0.6 is 15.9 Å². The van der Waals surface area contributed by atoms with Crippen LogP contribution < -0.4 is 4.90 Å². The number of ether oxygens (including phenoxy) is 1. The Morgan fingerprint density at radius 3 is 2.64 bits per heavy atom. The number of hydrogen-bond donors (Lipinski definition) is 1. The van der Waals surface area contributed by atoms with Gasteiger partial charge in [-0.1, -0.05) is 41.1 Å². The van der Waals surface area contributed by atoms with Crippen LogP contribution in [0.25, 0.3) is 0 Å². The molecule has 2 amide bonds. The Kier molecular flexibility index (Phi) is 6.64. The highest BCUT2D eigenvalue weighted by molar-refractivity contribution is 9.10. The molecule has 1 N–H and O–H groups in total. The second-order valence-corrected chi connectivity index (χ2v) is 15.4. The maximum Gasteiger partial charge on any atom is 0.268 e. The Balaban J connectivity index is 1.58. The van der Waals surface area contributed by atoms with Gasteiger partial charge in [0, 0.05) is 33.7 Å². The van der Waals surface area contributed by atoms with Gasteiger partial charge in [0.2, 0.25) is 14.3 Å². The quantitative estimate of drug-likeness (QED) is 0.390. The number of aliphatic hydroxyl groups is 1. The van der Waals surface area contributed by atoms with E-state index in [-0.39, 0.29) is 30.9 Å². The molecule has 0 aromatic heterocycles. The van der Waals surface area contributed by atoms with E-state index in [1.807, 2.05) is 55.5 Å². The summed E-state index contributed by atoms with van der Waals surface area (Å²) in [7, 11) is -3.37. The third kappa shape index (κ3) is 3.95. The Morgan fingerprint density at radius 1 is 1.25 bits per heavy atom. The number of amides is 2. The molecule has 5 atom stereocenters. The SMILES string of the molecule is C[C@H]1[C@H]([Si](C)(C)F)[C@@H](CC(=O)N2CCC[C@H]2CO)O[C@]12C(=O)N(c1ccccc1)c1ccc(Br)cc12. The van der Waals surface area contributed by atoms with E-state index in [9.17, 15) is 14.7 Å². The van der Waals surface area contributed by atoms with E-state index >= 15 is 4.11 Å². The van der Waals surface area contributed by atoms with Crippen molar-refractivity contribution in [3.05, 3.63) is 58.6 Å². The first kappa shape index (κ1) is 25.6. The minimum absolute atomic E-state index is 0.00440. The van der Waals surface area contributed by atoms with Crippen LogP contribution in [-0.2, 0) is 19.9 Å². The van der Waals surface area contributed by atoms with Crippen LogP contribution in [0.2, 0.25) is 18.6 Å². The molecule has 0 saturated carbocycles. The molecule has 36 heavy (non-hydrogen) atoms. The number of para-hydroxylation sites is 1. The van der Waals surface area contributed by atoms with Gasteiger partial charge in [-0.15, -0.1) is 0 Å². The van der Waals surface area contributed by atoms with Crippen LogP contribution in [0.3, 0.4) is 0 Å². The normalized spacial score (nSPS) is 29.9. The molecule has 3 heterocycles. The number of benzene rings is 2. The molecule has 0 unspecified atom stereocenters. The second-order valence-electron chi connectivity index (χ2n) is 10.7. The van der Waals surface area contributed by atoms with E-state index in [1.54, 1.807) is 22.9 Å². The lowest BCUT2D eigenvalue weighted by Gasteiger charge is -2.31. The molecule has 1 spiro atoms. The van der Waals surface area contributed by atoms with Gasteiger partial charge in [-0.25, -0.2) is 0 Å². The molecule has 0 aliphatic carbocycles. The van der Waals surface area contributed by atoms with Crippen molar-refractivity contribution in [2.45, 2.75) is 62.6 Å². The third-order valence-electron chi connectivity index (χ3n) is 8.13. The summed E-state index contributed by atoms with van der Waals surface area (Å²) in [6.45, 7) is 5.66. The molecule has 3 aliphatic rings. The van der Waals surface area contributed by atoms with Gasteiger partial charge >= 0.3 is 0 Å². The number of anilines is 2. The highest BCUT2D eigenvalue weighted by Crippen LogP contribution is 2.61. The molecule has 0 radical (unpaired) electrons. The van der Waals surface area contributed by atoms with Crippen LogP contribution in [0.5, 0.6) is 0 Å². The lowest BCUT2D eigenvalue weighted by atomic mass is 9.82. The van der Waals surface area contributed by atoms with Gasteiger partial charge < -0.3 is 18.9 Å². The van der Waals surface area contributed by atoms with E-state index in [2.05, 4.69) is 15.9 Å². The monoisotopic (exact) mass is 574 g/mol. The Hall–Kier alpha value is -2.07. The number of hydrogen-bond acceptors (Lipinski definition) is 4. The van der Waals surface area contributed by atoms with Gasteiger partial charge in [-0.2, -0.15) is 0 Å². The molecule has 5 rings (SSSR count). The number of carbonyl (C=O) groups is 2. The Morgan fingerprint density at radius 2 is 1.97 bits per heavy atom. The number of halogens is 2. The summed E-state index contributed by atoms with van der Waals surface area (Å²) >= 11 is 3.55. The number of nitrogens with zero attached hydrogens (tertiary/aromatic N) is 2. The average Bonchev–Trinajstić information content (AvgIpc) is 3.49. The first-order valence-corrected chi connectivity index (χ1v) is 16.3. The van der Waals surface area contributed by atoms with Gasteiger partial charge in [0.1, 0.15) is 0 Å². The van der Waals surface area contributed by atoms with Crippen molar-refractivity contribution in [3.8, 4) is 0 Å². The van der Waals surface area contributed by atoms with Crippen molar-refractivity contribution < 1.29 is 23.5 Å². The summed E-state index contributed by atoms with van der Waals surface area (Å²) in [4.78, 5) is 31.0. The molecule has 2 aromatic carbocycles. The number of aliphatic hydroxyl groups excluding tert-OH is 1. The van der Waals surface area contributed by atoms with Crippen LogP contribution in [0.1, 0.15) is 31.7 Å². The molecule has 2 aromatic rings. The Labute approximate surface area is 220 Å². The molecule has 0 bridgehead atoms. The highest BCUT2D eigenvalue weighted by Gasteiger charge is 2.67. The van der Waals surface area contributed by atoms with E-state index in [4.69, 9.17) is 4.74 Å². The van der Waals surface area contributed by atoms with Gasteiger partial charge in [0.25, 0.3) is 5.91 Å². The van der Waals surface area contributed by atoms with Crippen molar-refractivity contribution in [3.63, 3.8) is 0 Å². The number of carbonyl (C=O) groups excluding carboxylic acids is 2. The fourth-order valence-electron chi connectivity index (χ4n) is 6.62. The smallest absolute Gasteiger partial charge is 0.268 e. The fourth-order valence-corrected chi connectivity index (χ4v) is 9.48. The van der Waals surface area contributed by atoms with Gasteiger partial charge in [-0.05, 0) is 56.3 Å². The van der Waals surface area contributed by atoms with E-state index < -0.39 is 31.6 Å².